The van der Waals surface area contributed by atoms with Gasteiger partial charge in [0.05, 0.1) is 0 Å². The summed E-state index contributed by atoms with van der Waals surface area (Å²) in [6.07, 6.45) is 6.98. The number of aromatic nitrogens is 2. The van der Waals surface area contributed by atoms with Crippen LogP contribution in [-0.4, -0.2) is 16.2 Å². The third-order valence-electron chi connectivity index (χ3n) is 2.95. The van der Waals surface area contributed by atoms with Crippen molar-refractivity contribution in [2.45, 2.75) is 51.5 Å². The minimum absolute atomic E-state index is 0.0990. The molecule has 2 rings (SSSR count). The molecule has 0 radical (unpaired) electrons. The molecule has 0 aromatic carbocycles. The first-order valence-electron chi connectivity index (χ1n) is 5.81. The van der Waals surface area contributed by atoms with Crippen LogP contribution in [0.25, 0.3) is 0 Å². The summed E-state index contributed by atoms with van der Waals surface area (Å²) in [5, 5.41) is 3.93. The van der Waals surface area contributed by atoms with E-state index < -0.39 is 0 Å². The maximum atomic E-state index is 5.68. The van der Waals surface area contributed by atoms with E-state index in [1.165, 1.54) is 25.7 Å². The average molecular weight is 209 g/mol. The van der Waals surface area contributed by atoms with E-state index in [2.05, 4.69) is 10.1 Å². The lowest BCUT2D eigenvalue weighted by atomic mass is 10.0. The SMILES string of the molecule is CC(N)Cc1noc(CC2CCCC2)n1. The Labute approximate surface area is 90.2 Å². The number of rotatable bonds is 4. The lowest BCUT2D eigenvalue weighted by Gasteiger charge is -2.02. The summed E-state index contributed by atoms with van der Waals surface area (Å²) in [5.41, 5.74) is 5.68. The molecule has 1 heterocycles. The van der Waals surface area contributed by atoms with Gasteiger partial charge in [-0.15, -0.1) is 0 Å². The van der Waals surface area contributed by atoms with Crippen LogP contribution in [0.15, 0.2) is 4.52 Å². The molecule has 1 aromatic heterocycles. The molecule has 1 saturated carbocycles. The van der Waals surface area contributed by atoms with Crippen molar-refractivity contribution in [1.29, 1.82) is 0 Å². The van der Waals surface area contributed by atoms with Gasteiger partial charge in [0.15, 0.2) is 5.82 Å². The fourth-order valence-corrected chi connectivity index (χ4v) is 2.21. The molecular weight excluding hydrogens is 190 g/mol. The van der Waals surface area contributed by atoms with Crippen LogP contribution in [0.1, 0.15) is 44.3 Å². The minimum Gasteiger partial charge on any atom is -0.339 e. The van der Waals surface area contributed by atoms with E-state index in [4.69, 9.17) is 10.3 Å². The fourth-order valence-electron chi connectivity index (χ4n) is 2.21. The Morgan fingerprint density at radius 1 is 1.47 bits per heavy atom. The molecule has 4 nitrogen and oxygen atoms in total. The van der Waals surface area contributed by atoms with Gasteiger partial charge in [0.1, 0.15) is 0 Å². The molecule has 0 saturated heterocycles. The number of hydrogen-bond donors (Lipinski definition) is 1. The van der Waals surface area contributed by atoms with Crippen molar-refractivity contribution < 1.29 is 4.52 Å². The molecule has 1 atom stereocenters. The molecule has 1 aromatic rings. The van der Waals surface area contributed by atoms with E-state index in [1.807, 2.05) is 6.92 Å². The van der Waals surface area contributed by atoms with Gasteiger partial charge in [0.2, 0.25) is 5.89 Å². The van der Waals surface area contributed by atoms with E-state index in [1.54, 1.807) is 0 Å². The van der Waals surface area contributed by atoms with Crippen LogP contribution in [-0.2, 0) is 12.8 Å². The summed E-state index contributed by atoms with van der Waals surface area (Å²) in [6.45, 7) is 1.95. The zero-order valence-corrected chi connectivity index (χ0v) is 9.28. The second-order valence-corrected chi connectivity index (χ2v) is 4.64. The first kappa shape index (κ1) is 10.6. The van der Waals surface area contributed by atoms with Crippen LogP contribution in [0.5, 0.6) is 0 Å². The molecule has 1 unspecified atom stereocenters. The molecule has 4 heteroatoms. The Morgan fingerprint density at radius 3 is 2.87 bits per heavy atom. The van der Waals surface area contributed by atoms with E-state index >= 15 is 0 Å². The van der Waals surface area contributed by atoms with Gasteiger partial charge in [-0.05, 0) is 25.7 Å². The Balaban J connectivity index is 1.88. The lowest BCUT2D eigenvalue weighted by molar-refractivity contribution is 0.349. The van der Waals surface area contributed by atoms with Crippen LogP contribution in [0.4, 0.5) is 0 Å². The minimum atomic E-state index is 0.0990. The second kappa shape index (κ2) is 4.75. The quantitative estimate of drug-likeness (QED) is 0.819. The highest BCUT2D eigenvalue weighted by atomic mass is 16.5. The molecule has 1 fully saturated rings. The predicted octanol–water partition coefficient (Wildman–Crippen LogP) is 1.69. The van der Waals surface area contributed by atoms with Crippen molar-refractivity contribution in [3.05, 3.63) is 11.7 Å². The number of nitrogens with two attached hydrogens (primary N) is 1. The van der Waals surface area contributed by atoms with Crippen molar-refractivity contribution in [3.63, 3.8) is 0 Å². The van der Waals surface area contributed by atoms with E-state index in [9.17, 15) is 0 Å². The van der Waals surface area contributed by atoms with Gasteiger partial charge < -0.3 is 10.3 Å². The topological polar surface area (TPSA) is 64.9 Å². The Bertz CT molecular complexity index is 303. The normalized spacial score (nSPS) is 19.6. The molecule has 0 amide bonds. The van der Waals surface area contributed by atoms with Crippen molar-refractivity contribution >= 4 is 0 Å². The second-order valence-electron chi connectivity index (χ2n) is 4.64. The first-order valence-corrected chi connectivity index (χ1v) is 5.81. The molecule has 84 valence electrons. The summed E-state index contributed by atoms with van der Waals surface area (Å²) in [4.78, 5) is 4.36. The summed E-state index contributed by atoms with van der Waals surface area (Å²) in [7, 11) is 0. The van der Waals surface area contributed by atoms with Crippen LogP contribution in [0.2, 0.25) is 0 Å². The van der Waals surface area contributed by atoms with Crippen molar-refractivity contribution in [1.82, 2.24) is 10.1 Å². The lowest BCUT2D eigenvalue weighted by Crippen LogP contribution is -2.18. The highest BCUT2D eigenvalue weighted by Crippen LogP contribution is 2.27. The standard InChI is InChI=1S/C11H19N3O/c1-8(12)6-10-13-11(15-14-10)7-9-4-2-3-5-9/h8-9H,2-7,12H2,1H3. The molecule has 0 bridgehead atoms. The van der Waals surface area contributed by atoms with Gasteiger partial charge in [-0.25, -0.2) is 0 Å². The molecule has 1 aliphatic carbocycles. The zero-order chi connectivity index (χ0) is 10.7. The van der Waals surface area contributed by atoms with Crippen LogP contribution in [0.3, 0.4) is 0 Å². The summed E-state index contributed by atoms with van der Waals surface area (Å²) >= 11 is 0. The zero-order valence-electron chi connectivity index (χ0n) is 9.28. The average Bonchev–Trinajstić information content (AvgIpc) is 2.77. The molecule has 0 aliphatic heterocycles. The predicted molar refractivity (Wildman–Crippen MR) is 57.3 cm³/mol. The molecule has 2 N–H and O–H groups in total. The Hall–Kier alpha value is -0.900. The molecule has 15 heavy (non-hydrogen) atoms. The smallest absolute Gasteiger partial charge is 0.226 e. The highest BCUT2D eigenvalue weighted by molar-refractivity contribution is 4.90. The maximum Gasteiger partial charge on any atom is 0.226 e. The highest BCUT2D eigenvalue weighted by Gasteiger charge is 2.18. The van der Waals surface area contributed by atoms with Gasteiger partial charge in [-0.1, -0.05) is 18.0 Å². The van der Waals surface area contributed by atoms with Crippen LogP contribution in [0, 0.1) is 5.92 Å². The van der Waals surface area contributed by atoms with Gasteiger partial charge >= 0.3 is 0 Å². The van der Waals surface area contributed by atoms with Crippen LogP contribution < -0.4 is 5.73 Å². The molecule has 1 aliphatic rings. The van der Waals surface area contributed by atoms with Crippen molar-refractivity contribution in [2.24, 2.45) is 11.7 Å². The van der Waals surface area contributed by atoms with E-state index in [-0.39, 0.29) is 6.04 Å². The summed E-state index contributed by atoms with van der Waals surface area (Å²) in [6, 6.07) is 0.0990. The Kier molecular flexibility index (Phi) is 3.36. The van der Waals surface area contributed by atoms with Gasteiger partial charge in [0.25, 0.3) is 0 Å². The summed E-state index contributed by atoms with van der Waals surface area (Å²) < 4.78 is 5.21. The number of hydrogen-bond acceptors (Lipinski definition) is 4. The largest absolute Gasteiger partial charge is 0.339 e. The number of nitrogens with zero attached hydrogens (tertiary/aromatic N) is 2. The fraction of sp³-hybridized carbons (Fsp3) is 0.818. The van der Waals surface area contributed by atoms with Gasteiger partial charge in [-0.3, -0.25) is 0 Å². The van der Waals surface area contributed by atoms with Crippen molar-refractivity contribution in [3.8, 4) is 0 Å². The maximum absolute atomic E-state index is 5.68. The molecular formula is C11H19N3O. The Morgan fingerprint density at radius 2 is 2.20 bits per heavy atom. The van der Waals surface area contributed by atoms with Crippen LogP contribution >= 0.6 is 0 Å². The monoisotopic (exact) mass is 209 g/mol. The third-order valence-corrected chi connectivity index (χ3v) is 2.95. The van der Waals surface area contributed by atoms with Gasteiger partial charge in [0, 0.05) is 18.9 Å². The summed E-state index contributed by atoms with van der Waals surface area (Å²) in [5.74, 6) is 2.30. The first-order chi connectivity index (χ1) is 7.24. The molecule has 0 spiro atoms. The van der Waals surface area contributed by atoms with Gasteiger partial charge in [-0.2, -0.15) is 4.98 Å². The van der Waals surface area contributed by atoms with E-state index in [0.717, 1.165) is 24.1 Å². The third kappa shape index (κ3) is 3.02. The van der Waals surface area contributed by atoms with E-state index in [0.29, 0.717) is 6.42 Å². The van der Waals surface area contributed by atoms with Crippen molar-refractivity contribution in [2.75, 3.05) is 0 Å².